The zero-order chi connectivity index (χ0) is 32.6. The van der Waals surface area contributed by atoms with Gasteiger partial charge in [-0.1, -0.05) is 39.0 Å². The Morgan fingerprint density at radius 3 is 2.38 bits per heavy atom. The van der Waals surface area contributed by atoms with Crippen molar-refractivity contribution in [3.8, 4) is 11.5 Å². The minimum atomic E-state index is -4.54. The van der Waals surface area contributed by atoms with Crippen molar-refractivity contribution in [3.63, 3.8) is 0 Å². The summed E-state index contributed by atoms with van der Waals surface area (Å²) in [6.45, 7) is 18.6. The number of fused-ring (bicyclic) bond motifs is 4. The molecule has 0 aromatic heterocycles. The molecule has 0 saturated heterocycles. The zero-order valence-electron chi connectivity index (χ0n) is 27.4. The van der Waals surface area contributed by atoms with Gasteiger partial charge in [-0.2, -0.15) is 8.42 Å². The first-order valence-electron chi connectivity index (χ1n) is 15.7. The number of hydrogen-bond acceptors (Lipinski definition) is 6. The Kier molecular flexibility index (Phi) is 7.44. The second-order valence-electron chi connectivity index (χ2n) is 13.7. The van der Waals surface area contributed by atoms with Crippen molar-refractivity contribution in [2.45, 2.75) is 89.6 Å². The summed E-state index contributed by atoms with van der Waals surface area (Å²) in [7, 11) is -4.54. The molecule has 3 aromatic carbocycles. The van der Waals surface area contributed by atoms with E-state index in [2.05, 4.69) is 76.1 Å². The molecule has 3 aliphatic rings. The van der Waals surface area contributed by atoms with Gasteiger partial charge in [0, 0.05) is 64.2 Å². The lowest BCUT2D eigenvalue weighted by Gasteiger charge is -2.31. The van der Waals surface area contributed by atoms with E-state index in [1.807, 2.05) is 6.07 Å². The molecule has 3 aliphatic heterocycles. The van der Waals surface area contributed by atoms with E-state index in [1.54, 1.807) is 18.2 Å². The van der Waals surface area contributed by atoms with Crippen LogP contribution in [0.3, 0.4) is 0 Å². The second-order valence-corrected chi connectivity index (χ2v) is 15.1. The zero-order valence-corrected chi connectivity index (χ0v) is 28.2. The van der Waals surface area contributed by atoms with Crippen LogP contribution in [-0.2, 0) is 30.5 Å². The molecular formula is C36H43N2O6S+. The lowest BCUT2D eigenvalue weighted by molar-refractivity contribution is -0.140. The fraction of sp³-hybridized carbons (Fsp3) is 0.444. The number of rotatable bonds is 7. The summed E-state index contributed by atoms with van der Waals surface area (Å²) in [6, 6.07) is 15.4. The van der Waals surface area contributed by atoms with E-state index in [0.717, 1.165) is 40.4 Å². The first-order chi connectivity index (χ1) is 21.1. The maximum absolute atomic E-state index is 12.8. The molecule has 0 fully saturated rings. The molecule has 0 radical (unpaired) electrons. The predicted octanol–water partition coefficient (Wildman–Crippen LogP) is 4.92. The van der Waals surface area contributed by atoms with Gasteiger partial charge in [0.2, 0.25) is 5.36 Å². The second kappa shape index (κ2) is 10.7. The minimum absolute atomic E-state index is 0.0940. The van der Waals surface area contributed by atoms with Crippen LogP contribution < -0.4 is 24.8 Å². The molecule has 3 heterocycles. The number of anilines is 1. The van der Waals surface area contributed by atoms with Gasteiger partial charge in [-0.15, -0.1) is 0 Å². The third-order valence-corrected chi connectivity index (χ3v) is 11.4. The molecule has 0 amide bonds. The monoisotopic (exact) mass is 631 g/mol. The summed E-state index contributed by atoms with van der Waals surface area (Å²) >= 11 is 0. The van der Waals surface area contributed by atoms with Crippen LogP contribution in [0.4, 0.5) is 5.69 Å². The van der Waals surface area contributed by atoms with Crippen LogP contribution >= 0.6 is 0 Å². The predicted molar refractivity (Wildman–Crippen MR) is 175 cm³/mol. The lowest BCUT2D eigenvalue weighted by Crippen LogP contribution is -2.40. The standard InChI is InChI=1S/C36H42N2O6S/c1-9-14-37-21(2)35(5,6)27-17-25-31(19-29(27)37)44-32-20-30-28(36(7,8)22(3)38(30)15-16-43-23(4)39)18-26(32)34(25)24-12-10-11-13-33(24)45(40,41)42/h10-13,17-22H,9,14-16H2,1-8H3/p+1. The van der Waals surface area contributed by atoms with Crippen LogP contribution in [-0.4, -0.2) is 50.7 Å². The third-order valence-electron chi connectivity index (χ3n) is 10.5. The number of esters is 1. The van der Waals surface area contributed by atoms with Crippen LogP contribution in [0.2, 0.25) is 0 Å². The SMILES string of the molecule is CCCN1c2cc3c(cc2C(C)(C)C1C)C(c1ccccc1S(=O)(=O)O)=c1cc2c(cc1O3)=[N+](CCOC(C)=O)C(C)C2(C)C. The van der Waals surface area contributed by atoms with Gasteiger partial charge in [0.05, 0.1) is 11.5 Å². The topological polar surface area (TPSA) is 96.2 Å². The van der Waals surface area contributed by atoms with Crippen LogP contribution in [0.25, 0.3) is 5.57 Å². The van der Waals surface area contributed by atoms with Crippen molar-refractivity contribution < 1.29 is 27.2 Å². The molecule has 2 atom stereocenters. The number of hydrogen-bond donors (Lipinski definition) is 1. The summed E-state index contributed by atoms with van der Waals surface area (Å²) < 4.78 is 50.2. The maximum atomic E-state index is 12.8. The van der Waals surface area contributed by atoms with E-state index >= 15 is 0 Å². The van der Waals surface area contributed by atoms with Crippen LogP contribution in [0.1, 0.15) is 84.1 Å². The molecule has 0 bridgehead atoms. The third kappa shape index (κ3) is 4.86. The fourth-order valence-electron chi connectivity index (χ4n) is 7.46. The number of benzene rings is 3. The highest BCUT2D eigenvalue weighted by molar-refractivity contribution is 7.86. The molecule has 3 aromatic rings. The highest BCUT2D eigenvalue weighted by Gasteiger charge is 2.46. The largest absolute Gasteiger partial charge is 0.459 e. The van der Waals surface area contributed by atoms with Gasteiger partial charge in [0.1, 0.15) is 23.0 Å². The Morgan fingerprint density at radius 1 is 1.00 bits per heavy atom. The quantitative estimate of drug-likeness (QED) is 0.176. The van der Waals surface area contributed by atoms with Gasteiger partial charge in [0.25, 0.3) is 10.1 Å². The van der Waals surface area contributed by atoms with Crippen molar-refractivity contribution in [2.75, 3.05) is 24.6 Å². The Hall–Kier alpha value is -3.69. The average Bonchev–Trinajstić information content (AvgIpc) is 3.27. The summed E-state index contributed by atoms with van der Waals surface area (Å²) in [5.74, 6) is 0.936. The fourth-order valence-corrected chi connectivity index (χ4v) is 8.16. The molecule has 2 unspecified atom stereocenters. The smallest absolute Gasteiger partial charge is 0.302 e. The number of carbonyl (C=O) groups excluding carboxylic acids is 1. The van der Waals surface area contributed by atoms with Crippen molar-refractivity contribution in [1.29, 1.82) is 0 Å². The highest BCUT2D eigenvalue weighted by atomic mass is 32.2. The van der Waals surface area contributed by atoms with Gasteiger partial charge in [-0.05, 0) is 57.9 Å². The molecule has 238 valence electrons. The van der Waals surface area contributed by atoms with Gasteiger partial charge < -0.3 is 14.4 Å². The summed E-state index contributed by atoms with van der Waals surface area (Å²) in [6.07, 6.45) is 1.00. The molecule has 8 nitrogen and oxygen atoms in total. The Labute approximate surface area is 265 Å². The van der Waals surface area contributed by atoms with Gasteiger partial charge in [-0.25, -0.2) is 4.58 Å². The highest BCUT2D eigenvalue weighted by Crippen LogP contribution is 2.50. The summed E-state index contributed by atoms with van der Waals surface area (Å²) in [5.41, 5.74) is 4.90. The normalized spacial score (nSPS) is 20.7. The van der Waals surface area contributed by atoms with E-state index < -0.39 is 10.1 Å². The van der Waals surface area contributed by atoms with Crippen molar-refractivity contribution in [3.05, 3.63) is 81.4 Å². The van der Waals surface area contributed by atoms with E-state index in [4.69, 9.17) is 9.47 Å². The molecule has 0 saturated carbocycles. The Bertz CT molecular complexity index is 1980. The molecule has 6 rings (SSSR count). The number of carbonyl (C=O) groups is 1. The first-order valence-corrected chi connectivity index (χ1v) is 17.2. The summed E-state index contributed by atoms with van der Waals surface area (Å²) in [4.78, 5) is 13.8. The van der Waals surface area contributed by atoms with E-state index in [-0.39, 0.29) is 40.4 Å². The van der Waals surface area contributed by atoms with Crippen LogP contribution in [0, 0.1) is 0 Å². The molecule has 9 heteroatoms. The van der Waals surface area contributed by atoms with E-state index in [0.29, 0.717) is 29.2 Å². The van der Waals surface area contributed by atoms with Crippen LogP contribution in [0.5, 0.6) is 11.5 Å². The average molecular weight is 632 g/mol. The lowest BCUT2D eigenvalue weighted by atomic mass is 9.78. The molecule has 0 aliphatic carbocycles. The maximum Gasteiger partial charge on any atom is 0.302 e. The number of ether oxygens (including phenoxy) is 2. The molecular weight excluding hydrogens is 588 g/mol. The molecule has 1 N–H and O–H groups in total. The van der Waals surface area contributed by atoms with Crippen molar-refractivity contribution in [1.82, 2.24) is 4.58 Å². The Morgan fingerprint density at radius 2 is 1.71 bits per heavy atom. The first kappa shape index (κ1) is 31.3. The van der Waals surface area contributed by atoms with Crippen molar-refractivity contribution >= 4 is 27.3 Å². The Balaban J connectivity index is 1.70. The van der Waals surface area contributed by atoms with Gasteiger partial charge >= 0.3 is 5.97 Å². The summed E-state index contributed by atoms with van der Waals surface area (Å²) in [5, 5.41) is 1.77. The van der Waals surface area contributed by atoms with Crippen LogP contribution in [0.15, 0.2) is 53.4 Å². The van der Waals surface area contributed by atoms with E-state index in [1.165, 1.54) is 18.6 Å². The number of nitrogens with zero attached hydrogens (tertiary/aromatic N) is 2. The molecule has 45 heavy (non-hydrogen) atoms. The minimum Gasteiger partial charge on any atom is -0.459 e. The van der Waals surface area contributed by atoms with Gasteiger partial charge in [-0.3, -0.25) is 9.35 Å². The van der Waals surface area contributed by atoms with Gasteiger partial charge in [0.15, 0.2) is 12.6 Å². The molecule has 0 spiro atoms. The van der Waals surface area contributed by atoms with Crippen molar-refractivity contribution in [2.24, 2.45) is 0 Å². The van der Waals surface area contributed by atoms with E-state index in [9.17, 15) is 17.8 Å².